The molecule has 0 saturated heterocycles. The first-order valence-electron chi connectivity index (χ1n) is 6.06. The summed E-state index contributed by atoms with van der Waals surface area (Å²) in [5, 5.41) is 6.70. The highest BCUT2D eigenvalue weighted by molar-refractivity contribution is 7.80. The second-order valence-electron chi connectivity index (χ2n) is 4.50. The smallest absolute Gasteiger partial charge is 0.175 e. The van der Waals surface area contributed by atoms with Crippen LogP contribution in [0.15, 0.2) is 36.4 Å². The third-order valence-corrected chi connectivity index (χ3v) is 3.29. The molecule has 0 aliphatic rings. The molecule has 0 aliphatic heterocycles. The second-order valence-corrected chi connectivity index (χ2v) is 5.31. The van der Waals surface area contributed by atoms with Gasteiger partial charge in [-0.2, -0.15) is 0 Å². The molecule has 0 spiro atoms. The zero-order valence-corrected chi connectivity index (χ0v) is 12.7. The SMILES string of the molecule is Cc1cc(C)c(NC(=S)Nc2ccccc2F)c(Cl)c1. The van der Waals surface area contributed by atoms with Gasteiger partial charge in [0, 0.05) is 0 Å². The highest BCUT2D eigenvalue weighted by atomic mass is 35.5. The molecule has 0 atom stereocenters. The van der Waals surface area contributed by atoms with Gasteiger partial charge in [-0.1, -0.05) is 29.8 Å². The Morgan fingerprint density at radius 2 is 1.85 bits per heavy atom. The van der Waals surface area contributed by atoms with Crippen LogP contribution in [0.2, 0.25) is 5.02 Å². The fourth-order valence-electron chi connectivity index (χ4n) is 1.90. The second kappa shape index (κ2) is 6.20. The summed E-state index contributed by atoms with van der Waals surface area (Å²) in [7, 11) is 0. The topological polar surface area (TPSA) is 24.1 Å². The Labute approximate surface area is 128 Å². The van der Waals surface area contributed by atoms with E-state index in [1.54, 1.807) is 18.2 Å². The first kappa shape index (κ1) is 14.8. The van der Waals surface area contributed by atoms with Gasteiger partial charge < -0.3 is 10.6 Å². The van der Waals surface area contributed by atoms with Crippen molar-refractivity contribution >= 4 is 40.3 Å². The van der Waals surface area contributed by atoms with E-state index in [9.17, 15) is 4.39 Å². The predicted molar refractivity (Wildman–Crippen MR) is 87.2 cm³/mol. The average Bonchev–Trinajstić information content (AvgIpc) is 2.36. The Hall–Kier alpha value is -1.65. The molecule has 0 aliphatic carbocycles. The maximum absolute atomic E-state index is 13.5. The molecule has 0 amide bonds. The van der Waals surface area contributed by atoms with E-state index in [1.165, 1.54) is 6.07 Å². The van der Waals surface area contributed by atoms with Crippen LogP contribution in [-0.4, -0.2) is 5.11 Å². The van der Waals surface area contributed by atoms with E-state index in [-0.39, 0.29) is 5.82 Å². The van der Waals surface area contributed by atoms with Gasteiger partial charge in [0.25, 0.3) is 0 Å². The molecule has 0 unspecified atom stereocenters. The van der Waals surface area contributed by atoms with Crippen LogP contribution in [0.5, 0.6) is 0 Å². The molecule has 2 aromatic rings. The van der Waals surface area contributed by atoms with E-state index in [0.717, 1.165) is 16.8 Å². The summed E-state index contributed by atoms with van der Waals surface area (Å²) in [6.45, 7) is 3.91. The standard InChI is InChI=1S/C15H14ClFN2S/c1-9-7-10(2)14(11(16)8-9)19-15(20)18-13-6-4-3-5-12(13)17/h3-8H,1-2H3,(H2,18,19,20). The molecule has 0 radical (unpaired) electrons. The number of nitrogens with one attached hydrogen (secondary N) is 2. The molecule has 104 valence electrons. The van der Waals surface area contributed by atoms with Crippen molar-refractivity contribution in [3.8, 4) is 0 Å². The van der Waals surface area contributed by atoms with Crippen molar-refractivity contribution < 1.29 is 4.39 Å². The third-order valence-electron chi connectivity index (χ3n) is 2.79. The quantitative estimate of drug-likeness (QED) is 0.771. The van der Waals surface area contributed by atoms with E-state index in [0.29, 0.717) is 15.8 Å². The monoisotopic (exact) mass is 308 g/mol. The zero-order valence-electron chi connectivity index (χ0n) is 11.1. The average molecular weight is 309 g/mol. The van der Waals surface area contributed by atoms with Crippen LogP contribution in [0.1, 0.15) is 11.1 Å². The maximum Gasteiger partial charge on any atom is 0.175 e. The lowest BCUT2D eigenvalue weighted by Crippen LogP contribution is -2.20. The summed E-state index contributed by atoms with van der Waals surface area (Å²) >= 11 is 11.4. The number of benzene rings is 2. The van der Waals surface area contributed by atoms with Crippen molar-refractivity contribution in [1.82, 2.24) is 0 Å². The van der Waals surface area contributed by atoms with E-state index in [4.69, 9.17) is 23.8 Å². The normalized spacial score (nSPS) is 10.2. The number of anilines is 2. The van der Waals surface area contributed by atoms with Crippen molar-refractivity contribution in [2.24, 2.45) is 0 Å². The molecule has 5 heteroatoms. The number of para-hydroxylation sites is 1. The van der Waals surface area contributed by atoms with Gasteiger partial charge in [-0.05, 0) is 55.4 Å². The minimum atomic E-state index is -0.358. The summed E-state index contributed by atoms with van der Waals surface area (Å²) in [4.78, 5) is 0. The number of aryl methyl sites for hydroxylation is 2. The van der Waals surface area contributed by atoms with Gasteiger partial charge in [0.1, 0.15) is 5.82 Å². The molecule has 0 fully saturated rings. The highest BCUT2D eigenvalue weighted by Crippen LogP contribution is 2.27. The third kappa shape index (κ3) is 3.46. The van der Waals surface area contributed by atoms with Crippen LogP contribution in [0, 0.1) is 19.7 Å². The zero-order chi connectivity index (χ0) is 14.7. The van der Waals surface area contributed by atoms with Gasteiger partial charge in [-0.3, -0.25) is 0 Å². The fraction of sp³-hybridized carbons (Fsp3) is 0.133. The molecular weight excluding hydrogens is 295 g/mol. The lowest BCUT2D eigenvalue weighted by molar-refractivity contribution is 0.632. The number of rotatable bonds is 2. The molecule has 0 bridgehead atoms. The van der Waals surface area contributed by atoms with E-state index in [2.05, 4.69) is 10.6 Å². The molecule has 2 rings (SSSR count). The van der Waals surface area contributed by atoms with E-state index < -0.39 is 0 Å². The van der Waals surface area contributed by atoms with Crippen molar-refractivity contribution in [2.75, 3.05) is 10.6 Å². The largest absolute Gasteiger partial charge is 0.331 e. The predicted octanol–water partition coefficient (Wildman–Crippen LogP) is 4.90. The summed E-state index contributed by atoms with van der Waals surface area (Å²) < 4.78 is 13.5. The van der Waals surface area contributed by atoms with Crippen molar-refractivity contribution in [3.63, 3.8) is 0 Å². The first-order valence-corrected chi connectivity index (χ1v) is 6.85. The summed E-state index contributed by atoms with van der Waals surface area (Å²) in [5.74, 6) is -0.358. The van der Waals surface area contributed by atoms with Crippen molar-refractivity contribution in [2.45, 2.75) is 13.8 Å². The summed E-state index contributed by atoms with van der Waals surface area (Å²) in [6, 6.07) is 10.2. The molecule has 0 aromatic heterocycles. The Balaban J connectivity index is 2.15. The van der Waals surface area contributed by atoms with Crippen molar-refractivity contribution in [1.29, 1.82) is 0 Å². The minimum absolute atomic E-state index is 0.295. The molecule has 2 nitrogen and oxygen atoms in total. The van der Waals surface area contributed by atoms with Gasteiger partial charge in [0.15, 0.2) is 5.11 Å². The lowest BCUT2D eigenvalue weighted by Gasteiger charge is -2.15. The Kier molecular flexibility index (Phi) is 4.57. The summed E-state index contributed by atoms with van der Waals surface area (Å²) in [6.07, 6.45) is 0. The fourth-order valence-corrected chi connectivity index (χ4v) is 2.48. The Morgan fingerprint density at radius 3 is 2.50 bits per heavy atom. The van der Waals surface area contributed by atoms with Crippen molar-refractivity contribution in [3.05, 3.63) is 58.4 Å². The van der Waals surface area contributed by atoms with Gasteiger partial charge in [-0.15, -0.1) is 0 Å². The van der Waals surface area contributed by atoms with Gasteiger partial charge in [0.2, 0.25) is 0 Å². The number of thiocarbonyl (C=S) groups is 1. The van der Waals surface area contributed by atoms with Gasteiger partial charge >= 0.3 is 0 Å². The van der Waals surface area contributed by atoms with Crippen LogP contribution >= 0.6 is 23.8 Å². The maximum atomic E-state index is 13.5. The van der Waals surface area contributed by atoms with Gasteiger partial charge in [-0.25, -0.2) is 4.39 Å². The van der Waals surface area contributed by atoms with Crippen LogP contribution in [-0.2, 0) is 0 Å². The van der Waals surface area contributed by atoms with Crippen LogP contribution < -0.4 is 10.6 Å². The Bertz CT molecular complexity index is 635. The highest BCUT2D eigenvalue weighted by Gasteiger charge is 2.08. The van der Waals surface area contributed by atoms with Gasteiger partial charge in [0.05, 0.1) is 16.4 Å². The molecule has 2 N–H and O–H groups in total. The number of halogens is 2. The van der Waals surface area contributed by atoms with Crippen LogP contribution in [0.4, 0.5) is 15.8 Å². The van der Waals surface area contributed by atoms with Crippen LogP contribution in [0.25, 0.3) is 0 Å². The summed E-state index contributed by atoms with van der Waals surface area (Å²) in [5.41, 5.74) is 3.11. The number of hydrogen-bond donors (Lipinski definition) is 2. The first-order chi connectivity index (χ1) is 9.47. The molecule has 0 saturated carbocycles. The van der Waals surface area contributed by atoms with E-state index >= 15 is 0 Å². The molecule has 0 heterocycles. The number of hydrogen-bond acceptors (Lipinski definition) is 1. The Morgan fingerprint density at radius 1 is 1.15 bits per heavy atom. The lowest BCUT2D eigenvalue weighted by atomic mass is 10.1. The molecule has 20 heavy (non-hydrogen) atoms. The molecular formula is C15H14ClFN2S. The minimum Gasteiger partial charge on any atom is -0.331 e. The van der Waals surface area contributed by atoms with Crippen LogP contribution in [0.3, 0.4) is 0 Å². The van der Waals surface area contributed by atoms with E-state index in [1.807, 2.05) is 26.0 Å². The molecule has 2 aromatic carbocycles.